The Balaban J connectivity index is 1.83. The zero-order chi connectivity index (χ0) is 17.1. The number of nitrogens with zero attached hydrogens (tertiary/aromatic N) is 1. The number of fused-ring (bicyclic) bond motifs is 1. The molecule has 6 heteroatoms. The highest BCUT2D eigenvalue weighted by molar-refractivity contribution is 8.00. The predicted octanol–water partition coefficient (Wildman–Crippen LogP) is 5.84. The van der Waals surface area contributed by atoms with Crippen molar-refractivity contribution in [1.29, 1.82) is 0 Å². The number of ether oxygens (including phenoxy) is 1. The Hall–Kier alpha value is -1.56. The number of rotatable bonds is 6. The lowest BCUT2D eigenvalue weighted by Crippen LogP contribution is -1.99. The number of hydrogen-bond donors (Lipinski definition) is 0. The molecule has 0 bridgehead atoms. The maximum Gasteiger partial charge on any atom is 0.159 e. The number of thiazole rings is 1. The van der Waals surface area contributed by atoms with Gasteiger partial charge in [0, 0.05) is 21.9 Å². The van der Waals surface area contributed by atoms with Crippen LogP contribution in [0.5, 0.6) is 5.75 Å². The molecule has 0 aliphatic heterocycles. The molecule has 2 aromatic carbocycles. The Morgan fingerprint density at radius 3 is 2.88 bits per heavy atom. The molecule has 1 heterocycles. The zero-order valence-corrected chi connectivity index (χ0v) is 15.7. The minimum absolute atomic E-state index is 0.0546. The lowest BCUT2D eigenvalue weighted by Gasteiger charge is -2.10. The molecule has 0 fully saturated rings. The molecule has 124 valence electrons. The number of ketones is 1. The van der Waals surface area contributed by atoms with Gasteiger partial charge < -0.3 is 4.74 Å². The van der Waals surface area contributed by atoms with Gasteiger partial charge in [-0.25, -0.2) is 4.98 Å². The van der Waals surface area contributed by atoms with Crippen LogP contribution in [0.4, 0.5) is 0 Å². The first-order valence-electron chi connectivity index (χ1n) is 7.52. The van der Waals surface area contributed by atoms with Crippen LogP contribution in [0.2, 0.25) is 5.02 Å². The first-order chi connectivity index (χ1) is 11.6. The molecular weight excluding hydrogens is 362 g/mol. The molecule has 24 heavy (non-hydrogen) atoms. The number of aromatic nitrogens is 1. The molecule has 0 aliphatic rings. The van der Waals surface area contributed by atoms with E-state index in [0.717, 1.165) is 25.9 Å². The highest BCUT2D eigenvalue weighted by atomic mass is 35.5. The van der Waals surface area contributed by atoms with Crippen molar-refractivity contribution in [2.45, 2.75) is 23.9 Å². The zero-order valence-electron chi connectivity index (χ0n) is 13.3. The molecule has 0 saturated carbocycles. The standard InChI is InChI=1S/C18H16ClNO2S2/c1-3-22-16-6-4-12(11(2)21)8-13(16)10-23-18-20-15-9-14(19)5-7-17(15)24-18/h4-9H,3,10H2,1-2H3. The van der Waals surface area contributed by atoms with Gasteiger partial charge in [0.05, 0.1) is 16.8 Å². The number of carbonyl (C=O) groups is 1. The fraction of sp³-hybridized carbons (Fsp3) is 0.222. The Morgan fingerprint density at radius 2 is 2.12 bits per heavy atom. The lowest BCUT2D eigenvalue weighted by atomic mass is 10.1. The molecule has 0 N–H and O–H groups in total. The molecule has 1 aromatic heterocycles. The third kappa shape index (κ3) is 3.91. The van der Waals surface area contributed by atoms with Crippen LogP contribution in [-0.4, -0.2) is 17.4 Å². The van der Waals surface area contributed by atoms with Gasteiger partial charge in [-0.3, -0.25) is 4.79 Å². The largest absolute Gasteiger partial charge is 0.494 e. The van der Waals surface area contributed by atoms with Crippen molar-refractivity contribution in [2.24, 2.45) is 0 Å². The average molecular weight is 378 g/mol. The molecule has 0 spiro atoms. The van der Waals surface area contributed by atoms with Gasteiger partial charge in [-0.15, -0.1) is 11.3 Å². The van der Waals surface area contributed by atoms with Crippen molar-refractivity contribution < 1.29 is 9.53 Å². The Bertz CT molecular complexity index is 892. The third-order valence-corrected chi connectivity index (χ3v) is 5.91. The number of carbonyl (C=O) groups excluding carboxylic acids is 1. The topological polar surface area (TPSA) is 39.2 Å². The third-order valence-electron chi connectivity index (χ3n) is 3.45. The summed E-state index contributed by atoms with van der Waals surface area (Å²) in [4.78, 5) is 16.2. The van der Waals surface area contributed by atoms with Crippen LogP contribution in [0.15, 0.2) is 40.7 Å². The Labute approximate surface area is 154 Å². The lowest BCUT2D eigenvalue weighted by molar-refractivity contribution is 0.101. The van der Waals surface area contributed by atoms with Crippen molar-refractivity contribution in [1.82, 2.24) is 4.98 Å². The summed E-state index contributed by atoms with van der Waals surface area (Å²) in [5, 5.41) is 0.692. The molecule has 0 unspecified atom stereocenters. The molecular formula is C18H16ClNO2S2. The molecule has 0 saturated heterocycles. The smallest absolute Gasteiger partial charge is 0.159 e. The quantitative estimate of drug-likeness (QED) is 0.399. The van der Waals surface area contributed by atoms with E-state index in [-0.39, 0.29) is 5.78 Å². The maximum absolute atomic E-state index is 11.6. The summed E-state index contributed by atoms with van der Waals surface area (Å²) in [5.74, 6) is 1.57. The van der Waals surface area contributed by atoms with Gasteiger partial charge in [-0.05, 0) is 50.2 Å². The van der Waals surface area contributed by atoms with E-state index in [1.165, 1.54) is 0 Å². The number of halogens is 1. The average Bonchev–Trinajstić information content (AvgIpc) is 2.96. The van der Waals surface area contributed by atoms with Crippen LogP contribution in [-0.2, 0) is 5.75 Å². The molecule has 0 amide bonds. The van der Waals surface area contributed by atoms with Crippen molar-refractivity contribution in [2.75, 3.05) is 6.61 Å². The summed E-state index contributed by atoms with van der Waals surface area (Å²) in [6.45, 7) is 4.12. The van der Waals surface area contributed by atoms with Crippen LogP contribution < -0.4 is 4.74 Å². The van der Waals surface area contributed by atoms with Crippen LogP contribution >= 0.6 is 34.7 Å². The van der Waals surface area contributed by atoms with E-state index in [4.69, 9.17) is 16.3 Å². The molecule has 3 aromatic rings. The summed E-state index contributed by atoms with van der Waals surface area (Å²) in [6.07, 6.45) is 0. The maximum atomic E-state index is 11.6. The SMILES string of the molecule is CCOc1ccc(C(C)=O)cc1CSc1nc2cc(Cl)ccc2s1. The van der Waals surface area contributed by atoms with Gasteiger partial charge in [0.25, 0.3) is 0 Å². The normalized spacial score (nSPS) is 11.0. The summed E-state index contributed by atoms with van der Waals surface area (Å²) in [6, 6.07) is 11.3. The van der Waals surface area contributed by atoms with E-state index < -0.39 is 0 Å². The van der Waals surface area contributed by atoms with Crippen LogP contribution in [0.25, 0.3) is 10.2 Å². The van der Waals surface area contributed by atoms with Crippen molar-refractivity contribution in [3.63, 3.8) is 0 Å². The first-order valence-corrected chi connectivity index (χ1v) is 9.70. The monoisotopic (exact) mass is 377 g/mol. The second kappa shape index (κ2) is 7.55. The molecule has 3 nitrogen and oxygen atoms in total. The van der Waals surface area contributed by atoms with Crippen LogP contribution in [0.1, 0.15) is 29.8 Å². The number of thioether (sulfide) groups is 1. The molecule has 0 aliphatic carbocycles. The minimum Gasteiger partial charge on any atom is -0.494 e. The predicted molar refractivity (Wildman–Crippen MR) is 102 cm³/mol. The van der Waals surface area contributed by atoms with Gasteiger partial charge in [0.15, 0.2) is 10.1 Å². The fourth-order valence-corrected chi connectivity index (χ4v) is 4.48. The highest BCUT2D eigenvalue weighted by Crippen LogP contribution is 2.34. The second-order valence-corrected chi connectivity index (χ2v) is 7.88. The van der Waals surface area contributed by atoms with Gasteiger partial charge in [-0.2, -0.15) is 0 Å². The van der Waals surface area contributed by atoms with Crippen molar-refractivity contribution >= 4 is 50.7 Å². The summed E-state index contributed by atoms with van der Waals surface area (Å²) in [7, 11) is 0. The van der Waals surface area contributed by atoms with Gasteiger partial charge in [0.2, 0.25) is 0 Å². The fourth-order valence-electron chi connectivity index (χ4n) is 2.29. The van der Waals surface area contributed by atoms with E-state index >= 15 is 0 Å². The Kier molecular flexibility index (Phi) is 5.43. The highest BCUT2D eigenvalue weighted by Gasteiger charge is 2.11. The Morgan fingerprint density at radius 1 is 1.29 bits per heavy atom. The molecule has 3 rings (SSSR count). The second-order valence-electron chi connectivity index (χ2n) is 5.19. The van der Waals surface area contributed by atoms with Gasteiger partial charge in [0.1, 0.15) is 5.75 Å². The van der Waals surface area contributed by atoms with E-state index in [2.05, 4.69) is 4.98 Å². The molecule has 0 atom stereocenters. The van der Waals surface area contributed by atoms with E-state index in [1.54, 1.807) is 36.1 Å². The van der Waals surface area contributed by atoms with Gasteiger partial charge >= 0.3 is 0 Å². The minimum atomic E-state index is 0.0546. The van der Waals surface area contributed by atoms with Crippen molar-refractivity contribution in [3.05, 3.63) is 52.5 Å². The number of Topliss-reactive ketones (excluding diaryl/α,β-unsaturated/α-hetero) is 1. The van der Waals surface area contributed by atoms with E-state index in [0.29, 0.717) is 22.9 Å². The van der Waals surface area contributed by atoms with Gasteiger partial charge in [-0.1, -0.05) is 23.4 Å². The van der Waals surface area contributed by atoms with Crippen molar-refractivity contribution in [3.8, 4) is 5.75 Å². The van der Waals surface area contributed by atoms with Crippen LogP contribution in [0, 0.1) is 0 Å². The van der Waals surface area contributed by atoms with E-state index in [9.17, 15) is 4.79 Å². The number of hydrogen-bond acceptors (Lipinski definition) is 5. The van der Waals surface area contributed by atoms with E-state index in [1.807, 2.05) is 37.3 Å². The first kappa shape index (κ1) is 17.3. The van der Waals surface area contributed by atoms with Crippen LogP contribution in [0.3, 0.4) is 0 Å². The summed E-state index contributed by atoms with van der Waals surface area (Å²) >= 11 is 9.29. The summed E-state index contributed by atoms with van der Waals surface area (Å²) < 4.78 is 7.77. The summed E-state index contributed by atoms with van der Waals surface area (Å²) in [5.41, 5.74) is 2.62. The molecule has 0 radical (unpaired) electrons. The number of benzene rings is 2.